The van der Waals surface area contributed by atoms with E-state index in [1.54, 1.807) is 13.0 Å². The smallest absolute Gasteiger partial charge is 0.316 e. The number of alkyl halides is 3. The zero-order valence-corrected chi connectivity index (χ0v) is 11.0. The summed E-state index contributed by atoms with van der Waals surface area (Å²) in [7, 11) is 0. The predicted molar refractivity (Wildman–Crippen MR) is 69.5 cm³/mol. The molecule has 1 aromatic heterocycles. The SMILES string of the molecule is Cc1nc(C2CCNC2)nc2c(C(F)(F)F)cccc12. The van der Waals surface area contributed by atoms with E-state index in [4.69, 9.17) is 0 Å². The lowest BCUT2D eigenvalue weighted by Crippen LogP contribution is -2.13. The second-order valence-corrected chi connectivity index (χ2v) is 5.06. The maximum Gasteiger partial charge on any atom is 0.418 e. The molecule has 1 unspecified atom stereocenters. The van der Waals surface area contributed by atoms with Gasteiger partial charge in [0.2, 0.25) is 0 Å². The number of aromatic nitrogens is 2. The normalized spacial score (nSPS) is 19.7. The predicted octanol–water partition coefficient (Wildman–Crippen LogP) is 3.03. The highest BCUT2D eigenvalue weighted by Crippen LogP contribution is 2.35. The van der Waals surface area contributed by atoms with Crippen LogP contribution in [0.25, 0.3) is 10.9 Å². The number of rotatable bonds is 1. The van der Waals surface area contributed by atoms with E-state index in [0.717, 1.165) is 25.6 Å². The number of hydrogen-bond acceptors (Lipinski definition) is 3. The summed E-state index contributed by atoms with van der Waals surface area (Å²) in [6.45, 7) is 3.31. The summed E-state index contributed by atoms with van der Waals surface area (Å²) in [6, 6.07) is 4.11. The third-order valence-electron chi connectivity index (χ3n) is 3.67. The molecule has 6 heteroatoms. The van der Waals surface area contributed by atoms with Crippen LogP contribution in [-0.4, -0.2) is 23.1 Å². The molecule has 0 saturated carbocycles. The van der Waals surface area contributed by atoms with Crippen LogP contribution in [0.4, 0.5) is 13.2 Å². The highest BCUT2D eigenvalue weighted by molar-refractivity contribution is 5.84. The molecule has 1 fully saturated rings. The lowest BCUT2D eigenvalue weighted by atomic mass is 10.1. The Morgan fingerprint density at radius 3 is 2.70 bits per heavy atom. The molecule has 0 bridgehead atoms. The summed E-state index contributed by atoms with van der Waals surface area (Å²) < 4.78 is 39.3. The molecule has 1 aromatic carbocycles. The molecule has 2 aromatic rings. The van der Waals surface area contributed by atoms with Crippen LogP contribution in [0.3, 0.4) is 0 Å². The minimum absolute atomic E-state index is 0.00870. The first-order valence-corrected chi connectivity index (χ1v) is 6.52. The van der Waals surface area contributed by atoms with Crippen LogP contribution in [0.5, 0.6) is 0 Å². The number of fused-ring (bicyclic) bond motifs is 1. The van der Waals surface area contributed by atoms with Gasteiger partial charge < -0.3 is 5.32 Å². The van der Waals surface area contributed by atoms with E-state index in [2.05, 4.69) is 15.3 Å². The summed E-state index contributed by atoms with van der Waals surface area (Å²) in [4.78, 5) is 8.60. The monoisotopic (exact) mass is 281 g/mol. The van der Waals surface area contributed by atoms with Crippen LogP contribution < -0.4 is 5.32 Å². The average Bonchev–Trinajstić information content (AvgIpc) is 2.90. The molecule has 0 spiro atoms. The zero-order chi connectivity index (χ0) is 14.3. The van der Waals surface area contributed by atoms with Gasteiger partial charge in [0.05, 0.1) is 11.1 Å². The van der Waals surface area contributed by atoms with Crippen LogP contribution in [0.1, 0.15) is 29.4 Å². The molecule has 1 atom stereocenters. The summed E-state index contributed by atoms with van der Waals surface area (Å²) in [5.41, 5.74) is -0.0786. The maximum absolute atomic E-state index is 13.1. The maximum atomic E-state index is 13.1. The lowest BCUT2D eigenvalue weighted by molar-refractivity contribution is -0.136. The minimum Gasteiger partial charge on any atom is -0.316 e. The van der Waals surface area contributed by atoms with Gasteiger partial charge in [-0.3, -0.25) is 0 Å². The Bertz CT molecular complexity index is 646. The molecular weight excluding hydrogens is 267 g/mol. The third kappa shape index (κ3) is 2.24. The van der Waals surface area contributed by atoms with E-state index in [-0.39, 0.29) is 11.4 Å². The topological polar surface area (TPSA) is 37.8 Å². The Kier molecular flexibility index (Phi) is 3.12. The first-order valence-electron chi connectivity index (χ1n) is 6.52. The van der Waals surface area contributed by atoms with Gasteiger partial charge >= 0.3 is 6.18 Å². The van der Waals surface area contributed by atoms with Crippen molar-refractivity contribution in [1.29, 1.82) is 0 Å². The molecule has 3 rings (SSSR count). The number of benzene rings is 1. The van der Waals surface area contributed by atoms with Gasteiger partial charge in [0.15, 0.2) is 0 Å². The summed E-state index contributed by atoms with van der Waals surface area (Å²) >= 11 is 0. The van der Waals surface area contributed by atoms with Crippen LogP contribution in [0.15, 0.2) is 18.2 Å². The summed E-state index contributed by atoms with van der Waals surface area (Å²) in [6.07, 6.45) is -3.54. The van der Waals surface area contributed by atoms with Crippen molar-refractivity contribution in [3.05, 3.63) is 35.3 Å². The number of aryl methyl sites for hydroxylation is 1. The Morgan fingerprint density at radius 2 is 2.05 bits per heavy atom. The second kappa shape index (κ2) is 4.70. The minimum atomic E-state index is -4.40. The fourth-order valence-corrected chi connectivity index (χ4v) is 2.61. The van der Waals surface area contributed by atoms with Gasteiger partial charge in [-0.1, -0.05) is 12.1 Å². The van der Waals surface area contributed by atoms with Crippen molar-refractivity contribution in [2.24, 2.45) is 0 Å². The number of hydrogen-bond donors (Lipinski definition) is 1. The number of halogens is 3. The number of nitrogens with one attached hydrogen (secondary N) is 1. The van der Waals surface area contributed by atoms with Crippen molar-refractivity contribution in [2.45, 2.75) is 25.4 Å². The van der Waals surface area contributed by atoms with Gasteiger partial charge in [0.1, 0.15) is 5.82 Å². The molecule has 2 heterocycles. The van der Waals surface area contributed by atoms with Gasteiger partial charge in [-0.05, 0) is 26.0 Å². The van der Waals surface area contributed by atoms with Gasteiger partial charge in [-0.25, -0.2) is 9.97 Å². The summed E-state index contributed by atoms with van der Waals surface area (Å²) in [5.74, 6) is 0.607. The molecule has 0 amide bonds. The van der Waals surface area contributed by atoms with E-state index in [1.165, 1.54) is 6.07 Å². The Hall–Kier alpha value is -1.69. The highest BCUT2D eigenvalue weighted by Gasteiger charge is 2.34. The fourth-order valence-electron chi connectivity index (χ4n) is 2.61. The number of para-hydroxylation sites is 1. The van der Waals surface area contributed by atoms with Gasteiger partial charge in [-0.15, -0.1) is 0 Å². The first kappa shape index (κ1) is 13.3. The van der Waals surface area contributed by atoms with Crippen molar-refractivity contribution in [2.75, 3.05) is 13.1 Å². The Balaban J connectivity index is 2.22. The standard InChI is InChI=1S/C14H14F3N3/c1-8-10-3-2-4-11(14(15,16)17)12(10)20-13(19-8)9-5-6-18-7-9/h2-4,9,18H,5-7H2,1H3. The first-order chi connectivity index (χ1) is 9.47. The van der Waals surface area contributed by atoms with Crippen LogP contribution in [0.2, 0.25) is 0 Å². The third-order valence-corrected chi connectivity index (χ3v) is 3.67. The largest absolute Gasteiger partial charge is 0.418 e. The van der Waals surface area contributed by atoms with Crippen LogP contribution >= 0.6 is 0 Å². The quantitative estimate of drug-likeness (QED) is 0.873. The molecule has 106 valence electrons. The van der Waals surface area contributed by atoms with E-state index in [9.17, 15) is 13.2 Å². The molecule has 3 nitrogen and oxygen atoms in total. The highest BCUT2D eigenvalue weighted by atomic mass is 19.4. The lowest BCUT2D eigenvalue weighted by Gasteiger charge is -2.14. The molecule has 1 aliphatic heterocycles. The van der Waals surface area contributed by atoms with Crippen molar-refractivity contribution < 1.29 is 13.2 Å². The summed E-state index contributed by atoms with van der Waals surface area (Å²) in [5, 5.41) is 3.65. The van der Waals surface area contributed by atoms with E-state index in [0.29, 0.717) is 16.9 Å². The van der Waals surface area contributed by atoms with Crippen molar-refractivity contribution >= 4 is 10.9 Å². The molecular formula is C14H14F3N3. The van der Waals surface area contributed by atoms with E-state index in [1.807, 2.05) is 0 Å². The molecule has 1 saturated heterocycles. The van der Waals surface area contributed by atoms with Crippen molar-refractivity contribution in [3.63, 3.8) is 0 Å². The van der Waals surface area contributed by atoms with Crippen molar-refractivity contribution in [1.82, 2.24) is 15.3 Å². The molecule has 0 aliphatic carbocycles. The van der Waals surface area contributed by atoms with E-state index < -0.39 is 11.7 Å². The number of nitrogens with zero attached hydrogens (tertiary/aromatic N) is 2. The molecule has 0 radical (unpaired) electrons. The molecule has 1 aliphatic rings. The fraction of sp³-hybridized carbons (Fsp3) is 0.429. The molecule has 1 N–H and O–H groups in total. The zero-order valence-electron chi connectivity index (χ0n) is 11.0. The van der Waals surface area contributed by atoms with Crippen LogP contribution in [0, 0.1) is 6.92 Å². The molecule has 20 heavy (non-hydrogen) atoms. The van der Waals surface area contributed by atoms with Gasteiger partial charge in [0, 0.05) is 23.5 Å². The van der Waals surface area contributed by atoms with Gasteiger partial charge in [0.25, 0.3) is 0 Å². The Labute approximate surface area is 114 Å². The van der Waals surface area contributed by atoms with E-state index >= 15 is 0 Å². The Morgan fingerprint density at radius 1 is 1.25 bits per heavy atom. The second-order valence-electron chi connectivity index (χ2n) is 5.06. The van der Waals surface area contributed by atoms with Gasteiger partial charge in [-0.2, -0.15) is 13.2 Å². The van der Waals surface area contributed by atoms with Crippen LogP contribution in [-0.2, 0) is 6.18 Å². The average molecular weight is 281 g/mol. The van der Waals surface area contributed by atoms with Crippen molar-refractivity contribution in [3.8, 4) is 0 Å².